The molecule has 0 aliphatic carbocycles. The molecule has 0 heterocycles. The maximum atomic E-state index is 3.80. The first-order valence-electron chi connectivity index (χ1n) is 11.9. The van der Waals surface area contributed by atoms with Crippen molar-refractivity contribution in [2.75, 3.05) is 0 Å². The average molecular weight is 452 g/mol. The standard InChI is InChI=1S/C30H35Si2/c1-5-16-26(24-25-32(3,4)29-22-14-9-15-23-29)30(17-6-2)31(27-18-10-7-11-19-27)28-20-12-8-13-21-28/h7-15,18-23H,5-6,16-17H2,1-4H3/b30-26-. The molecule has 32 heavy (non-hydrogen) atoms. The van der Waals surface area contributed by atoms with Gasteiger partial charge in [-0.1, -0.05) is 152 Å². The summed E-state index contributed by atoms with van der Waals surface area (Å²) in [4.78, 5) is 0. The molecule has 0 saturated carbocycles. The van der Waals surface area contributed by atoms with Gasteiger partial charge in [-0.05, 0) is 23.6 Å². The van der Waals surface area contributed by atoms with E-state index in [1.165, 1.54) is 21.1 Å². The summed E-state index contributed by atoms with van der Waals surface area (Å²) in [7, 11) is -2.88. The van der Waals surface area contributed by atoms with Crippen LogP contribution in [0.5, 0.6) is 0 Å². The second-order valence-electron chi connectivity index (χ2n) is 8.81. The van der Waals surface area contributed by atoms with Crippen molar-refractivity contribution in [1.29, 1.82) is 0 Å². The van der Waals surface area contributed by atoms with Crippen LogP contribution in [0.1, 0.15) is 39.5 Å². The molecule has 0 bridgehead atoms. The summed E-state index contributed by atoms with van der Waals surface area (Å²) in [6.07, 6.45) is 4.46. The summed E-state index contributed by atoms with van der Waals surface area (Å²) in [5.41, 5.74) is 5.20. The van der Waals surface area contributed by atoms with E-state index in [1.54, 1.807) is 5.20 Å². The largest absolute Gasteiger partial charge is 0.163 e. The minimum atomic E-state index is -1.82. The molecule has 3 rings (SSSR count). The van der Waals surface area contributed by atoms with Crippen LogP contribution >= 0.6 is 0 Å². The van der Waals surface area contributed by atoms with Gasteiger partial charge in [-0.25, -0.2) is 0 Å². The number of allylic oxidation sites excluding steroid dienone is 2. The lowest BCUT2D eigenvalue weighted by Gasteiger charge is -2.22. The monoisotopic (exact) mass is 451 g/mol. The first-order valence-corrected chi connectivity index (χ1v) is 16.4. The fourth-order valence-corrected chi connectivity index (χ4v) is 8.80. The van der Waals surface area contributed by atoms with Crippen molar-refractivity contribution in [3.05, 3.63) is 102 Å². The second-order valence-corrected chi connectivity index (χ2v) is 15.4. The van der Waals surface area contributed by atoms with Gasteiger partial charge < -0.3 is 0 Å². The fourth-order valence-electron chi connectivity index (χ4n) is 4.10. The molecule has 3 aromatic rings. The Bertz CT molecular complexity index is 1020. The first-order chi connectivity index (χ1) is 15.6. The third-order valence-corrected chi connectivity index (χ3v) is 11.3. The van der Waals surface area contributed by atoms with Crippen LogP contribution in [0.25, 0.3) is 0 Å². The van der Waals surface area contributed by atoms with Crippen molar-refractivity contribution in [1.82, 2.24) is 0 Å². The number of hydrogen-bond acceptors (Lipinski definition) is 0. The third-order valence-electron chi connectivity index (χ3n) is 5.81. The molecule has 2 heteroatoms. The highest BCUT2D eigenvalue weighted by atomic mass is 28.3. The van der Waals surface area contributed by atoms with E-state index in [4.69, 9.17) is 0 Å². The van der Waals surface area contributed by atoms with Gasteiger partial charge in [0.2, 0.25) is 0 Å². The lowest BCUT2D eigenvalue weighted by atomic mass is 10.1. The van der Waals surface area contributed by atoms with E-state index in [0.717, 1.165) is 25.7 Å². The van der Waals surface area contributed by atoms with Crippen LogP contribution in [0.2, 0.25) is 13.1 Å². The Morgan fingerprint density at radius 2 is 1.16 bits per heavy atom. The highest BCUT2D eigenvalue weighted by Gasteiger charge is 2.25. The van der Waals surface area contributed by atoms with Gasteiger partial charge in [-0.2, -0.15) is 0 Å². The van der Waals surface area contributed by atoms with Crippen molar-refractivity contribution in [2.24, 2.45) is 0 Å². The summed E-state index contributed by atoms with van der Waals surface area (Å²) in [5, 5.41) is 5.93. The van der Waals surface area contributed by atoms with Crippen molar-refractivity contribution in [2.45, 2.75) is 52.6 Å². The molecule has 0 spiro atoms. The molecule has 0 aliphatic heterocycles. The molecule has 0 N–H and O–H groups in total. The van der Waals surface area contributed by atoms with E-state index in [2.05, 4.69) is 129 Å². The molecule has 0 amide bonds. The van der Waals surface area contributed by atoms with Crippen LogP contribution in [0.15, 0.2) is 102 Å². The van der Waals surface area contributed by atoms with Gasteiger partial charge in [-0.3, -0.25) is 0 Å². The number of rotatable bonds is 8. The third kappa shape index (κ3) is 6.22. The summed E-state index contributed by atoms with van der Waals surface area (Å²) in [6, 6.07) is 33.1. The molecule has 0 aliphatic rings. The molecule has 1 radical (unpaired) electrons. The average Bonchev–Trinajstić information content (AvgIpc) is 2.83. The molecule has 0 saturated heterocycles. The molecule has 0 atom stereocenters. The van der Waals surface area contributed by atoms with E-state index in [0.29, 0.717) is 0 Å². The Morgan fingerprint density at radius 3 is 1.62 bits per heavy atom. The summed E-state index contributed by atoms with van der Waals surface area (Å²) in [5.74, 6) is 3.78. The Balaban J connectivity index is 2.16. The molecule has 0 unspecified atom stereocenters. The topological polar surface area (TPSA) is 0 Å². The normalized spacial score (nSPS) is 12.2. The minimum absolute atomic E-state index is 1.06. The van der Waals surface area contributed by atoms with Gasteiger partial charge in [-0.15, -0.1) is 5.54 Å². The molecule has 0 nitrogen and oxygen atoms in total. The Kier molecular flexibility index (Phi) is 8.91. The molecule has 0 fully saturated rings. The molecular weight excluding hydrogens is 417 g/mol. The minimum Gasteiger partial charge on any atom is -0.121 e. The zero-order chi connectivity index (χ0) is 22.8. The van der Waals surface area contributed by atoms with Gasteiger partial charge >= 0.3 is 0 Å². The van der Waals surface area contributed by atoms with Gasteiger partial charge in [0.05, 0.1) is 0 Å². The van der Waals surface area contributed by atoms with Crippen LogP contribution in [0.4, 0.5) is 0 Å². The van der Waals surface area contributed by atoms with Crippen LogP contribution in [-0.4, -0.2) is 16.9 Å². The lowest BCUT2D eigenvalue weighted by molar-refractivity contribution is 0.886. The van der Waals surface area contributed by atoms with Gasteiger partial charge in [0.1, 0.15) is 0 Å². The number of benzene rings is 3. The zero-order valence-corrected chi connectivity index (χ0v) is 22.0. The predicted molar refractivity (Wildman–Crippen MR) is 146 cm³/mol. The van der Waals surface area contributed by atoms with Gasteiger partial charge in [0.25, 0.3) is 0 Å². The molecular formula is C30H35Si2. The van der Waals surface area contributed by atoms with E-state index in [-0.39, 0.29) is 0 Å². The van der Waals surface area contributed by atoms with Crippen LogP contribution < -0.4 is 15.6 Å². The zero-order valence-electron chi connectivity index (χ0n) is 20.0. The highest BCUT2D eigenvalue weighted by Crippen LogP contribution is 2.20. The van der Waals surface area contributed by atoms with Crippen molar-refractivity contribution in [3.63, 3.8) is 0 Å². The lowest BCUT2D eigenvalue weighted by Crippen LogP contribution is -2.44. The summed E-state index contributed by atoms with van der Waals surface area (Å²) >= 11 is 0. The van der Waals surface area contributed by atoms with Crippen molar-refractivity contribution >= 4 is 32.4 Å². The molecule has 3 aromatic carbocycles. The highest BCUT2D eigenvalue weighted by molar-refractivity contribution is 6.96. The van der Waals surface area contributed by atoms with Crippen molar-refractivity contribution < 1.29 is 0 Å². The first kappa shape index (κ1) is 24.0. The summed E-state index contributed by atoms with van der Waals surface area (Å²) < 4.78 is 0. The number of hydrogen-bond donors (Lipinski definition) is 0. The van der Waals surface area contributed by atoms with Crippen LogP contribution in [0, 0.1) is 11.5 Å². The Hall–Kier alpha value is -2.61. The SMILES string of the molecule is CCC/C(C#C[Si](C)(C)c1ccccc1)=C(\CCC)[Si](c1ccccc1)c1ccccc1. The Labute approximate surface area is 198 Å². The maximum absolute atomic E-state index is 3.80. The van der Waals surface area contributed by atoms with Gasteiger partial charge in [0.15, 0.2) is 16.9 Å². The van der Waals surface area contributed by atoms with E-state index >= 15 is 0 Å². The predicted octanol–water partition coefficient (Wildman–Crippen LogP) is 5.89. The fraction of sp³-hybridized carbons (Fsp3) is 0.267. The van der Waals surface area contributed by atoms with E-state index in [1.807, 2.05) is 0 Å². The van der Waals surface area contributed by atoms with Crippen LogP contribution in [0.3, 0.4) is 0 Å². The molecule has 0 aromatic heterocycles. The smallest absolute Gasteiger partial charge is 0.121 e. The van der Waals surface area contributed by atoms with E-state index in [9.17, 15) is 0 Å². The quantitative estimate of drug-likeness (QED) is 0.296. The van der Waals surface area contributed by atoms with E-state index < -0.39 is 16.9 Å². The maximum Gasteiger partial charge on any atom is 0.163 e. The van der Waals surface area contributed by atoms with Crippen molar-refractivity contribution in [3.8, 4) is 11.5 Å². The Morgan fingerprint density at radius 1 is 0.688 bits per heavy atom. The van der Waals surface area contributed by atoms with Gasteiger partial charge in [0, 0.05) is 0 Å². The second kappa shape index (κ2) is 11.9. The van der Waals surface area contributed by atoms with Crippen LogP contribution in [-0.2, 0) is 0 Å². The molecule has 163 valence electrons. The summed E-state index contributed by atoms with van der Waals surface area (Å²) in [6.45, 7) is 9.33.